The predicted molar refractivity (Wildman–Crippen MR) is 90.5 cm³/mol. The molecule has 25 heavy (non-hydrogen) atoms. The van der Waals surface area contributed by atoms with Gasteiger partial charge in [-0.1, -0.05) is 6.07 Å². The summed E-state index contributed by atoms with van der Waals surface area (Å²) in [5.74, 6) is 1.22. The third kappa shape index (κ3) is 3.16. The SMILES string of the molecule is COc1ccc(CCn2cnc3c(=O)[nH]c(=O)[nH]c3c2=O)cc1OC. The molecular formula is C16H16N4O5. The number of hydrogen-bond donors (Lipinski definition) is 2. The molecule has 2 aromatic heterocycles. The molecule has 0 saturated carbocycles. The van der Waals surface area contributed by atoms with Crippen LogP contribution in [0.25, 0.3) is 11.0 Å². The maximum Gasteiger partial charge on any atom is 0.326 e. The summed E-state index contributed by atoms with van der Waals surface area (Å²) >= 11 is 0. The quantitative estimate of drug-likeness (QED) is 0.674. The summed E-state index contributed by atoms with van der Waals surface area (Å²) in [4.78, 5) is 43.8. The van der Waals surface area contributed by atoms with Crippen molar-refractivity contribution in [1.82, 2.24) is 19.5 Å². The van der Waals surface area contributed by atoms with E-state index in [1.807, 2.05) is 17.1 Å². The van der Waals surface area contributed by atoms with E-state index in [0.29, 0.717) is 24.5 Å². The summed E-state index contributed by atoms with van der Waals surface area (Å²) in [6.07, 6.45) is 1.82. The molecule has 1 aromatic carbocycles. The second kappa shape index (κ2) is 6.63. The Morgan fingerprint density at radius 3 is 2.56 bits per heavy atom. The molecular weight excluding hydrogens is 328 g/mol. The summed E-state index contributed by atoms with van der Waals surface area (Å²) < 4.78 is 11.8. The summed E-state index contributed by atoms with van der Waals surface area (Å²) in [6, 6.07) is 5.48. The van der Waals surface area contributed by atoms with Gasteiger partial charge in [-0.15, -0.1) is 0 Å². The Kier molecular flexibility index (Phi) is 4.38. The van der Waals surface area contributed by atoms with Crippen molar-refractivity contribution < 1.29 is 9.47 Å². The highest BCUT2D eigenvalue weighted by Gasteiger charge is 2.10. The fraction of sp³-hybridized carbons (Fsp3) is 0.250. The predicted octanol–water partition coefficient (Wildman–Crippen LogP) is 0.0330. The van der Waals surface area contributed by atoms with Crippen LogP contribution in [0.15, 0.2) is 38.9 Å². The molecule has 2 N–H and O–H groups in total. The van der Waals surface area contributed by atoms with Gasteiger partial charge in [0.15, 0.2) is 17.0 Å². The normalized spacial score (nSPS) is 10.8. The van der Waals surface area contributed by atoms with Crippen molar-refractivity contribution in [2.75, 3.05) is 14.2 Å². The van der Waals surface area contributed by atoms with Gasteiger partial charge in [0.25, 0.3) is 11.1 Å². The number of nitrogens with zero attached hydrogens (tertiary/aromatic N) is 2. The average Bonchev–Trinajstić information content (AvgIpc) is 2.61. The number of aromatic amines is 2. The van der Waals surface area contributed by atoms with Crippen LogP contribution in [0.1, 0.15) is 5.56 Å². The van der Waals surface area contributed by atoms with Crippen molar-refractivity contribution in [2.24, 2.45) is 0 Å². The number of benzene rings is 1. The molecule has 130 valence electrons. The van der Waals surface area contributed by atoms with Gasteiger partial charge in [-0.2, -0.15) is 0 Å². The van der Waals surface area contributed by atoms with Gasteiger partial charge < -0.3 is 14.5 Å². The third-order valence-corrected chi connectivity index (χ3v) is 3.81. The first-order valence-corrected chi connectivity index (χ1v) is 7.46. The maximum atomic E-state index is 12.4. The van der Waals surface area contributed by atoms with Crippen LogP contribution in [-0.4, -0.2) is 33.7 Å². The van der Waals surface area contributed by atoms with Crippen LogP contribution in [0, 0.1) is 0 Å². The number of aryl methyl sites for hydroxylation is 2. The molecule has 0 aliphatic rings. The van der Waals surface area contributed by atoms with Crippen molar-refractivity contribution in [3.63, 3.8) is 0 Å². The van der Waals surface area contributed by atoms with E-state index in [1.54, 1.807) is 20.3 Å². The van der Waals surface area contributed by atoms with E-state index < -0.39 is 16.8 Å². The Balaban J connectivity index is 1.92. The van der Waals surface area contributed by atoms with Gasteiger partial charge in [-0.3, -0.25) is 19.1 Å². The molecule has 0 aliphatic carbocycles. The van der Waals surface area contributed by atoms with E-state index in [-0.39, 0.29) is 11.0 Å². The Labute approximate surface area is 140 Å². The summed E-state index contributed by atoms with van der Waals surface area (Å²) in [5.41, 5.74) is -1.18. The Bertz CT molecular complexity index is 1100. The standard InChI is InChI=1S/C16H16N4O5/c1-24-10-4-3-9(7-11(10)25-2)5-6-20-8-17-12-13(15(20)22)18-16(23)19-14(12)21/h3-4,7-8H,5-6H2,1-2H3,(H2,18,19,21,23). The number of nitrogens with one attached hydrogen (secondary N) is 2. The lowest BCUT2D eigenvalue weighted by molar-refractivity contribution is 0.354. The molecule has 3 aromatic rings. The highest BCUT2D eigenvalue weighted by molar-refractivity contribution is 5.70. The largest absolute Gasteiger partial charge is 0.493 e. The van der Waals surface area contributed by atoms with Crippen molar-refractivity contribution in [2.45, 2.75) is 13.0 Å². The molecule has 0 unspecified atom stereocenters. The van der Waals surface area contributed by atoms with Crippen LogP contribution in [0.4, 0.5) is 0 Å². The van der Waals surface area contributed by atoms with Crippen molar-refractivity contribution in [3.05, 3.63) is 61.3 Å². The van der Waals surface area contributed by atoms with E-state index in [0.717, 1.165) is 5.56 Å². The minimum Gasteiger partial charge on any atom is -0.493 e. The van der Waals surface area contributed by atoms with Gasteiger partial charge in [0.05, 0.1) is 20.5 Å². The molecule has 2 heterocycles. The molecule has 0 radical (unpaired) electrons. The Morgan fingerprint density at radius 1 is 1.08 bits per heavy atom. The second-order valence-electron chi connectivity index (χ2n) is 5.31. The number of aromatic nitrogens is 4. The average molecular weight is 344 g/mol. The minimum absolute atomic E-state index is 0.0908. The number of hydrogen-bond acceptors (Lipinski definition) is 6. The fourth-order valence-electron chi connectivity index (χ4n) is 2.53. The lowest BCUT2D eigenvalue weighted by Gasteiger charge is -2.10. The van der Waals surface area contributed by atoms with Crippen LogP contribution in [-0.2, 0) is 13.0 Å². The first-order valence-electron chi connectivity index (χ1n) is 7.46. The molecule has 0 bridgehead atoms. The van der Waals surface area contributed by atoms with Gasteiger partial charge in [0, 0.05) is 6.54 Å². The van der Waals surface area contributed by atoms with Crippen LogP contribution in [0.3, 0.4) is 0 Å². The smallest absolute Gasteiger partial charge is 0.326 e. The molecule has 0 spiro atoms. The van der Waals surface area contributed by atoms with Gasteiger partial charge in [-0.25, -0.2) is 9.78 Å². The van der Waals surface area contributed by atoms with Crippen molar-refractivity contribution in [3.8, 4) is 11.5 Å². The summed E-state index contributed by atoms with van der Waals surface area (Å²) in [7, 11) is 3.10. The maximum absolute atomic E-state index is 12.4. The summed E-state index contributed by atoms with van der Waals surface area (Å²) in [6.45, 7) is 0.325. The molecule has 3 rings (SSSR count). The van der Waals surface area contributed by atoms with Crippen molar-refractivity contribution >= 4 is 11.0 Å². The third-order valence-electron chi connectivity index (χ3n) is 3.81. The molecule has 9 nitrogen and oxygen atoms in total. The number of ether oxygens (including phenoxy) is 2. The van der Waals surface area contributed by atoms with E-state index in [2.05, 4.69) is 9.97 Å². The fourth-order valence-corrected chi connectivity index (χ4v) is 2.53. The number of methoxy groups -OCH3 is 2. The Morgan fingerprint density at radius 2 is 1.84 bits per heavy atom. The van der Waals surface area contributed by atoms with Crippen LogP contribution < -0.4 is 26.3 Å². The van der Waals surface area contributed by atoms with Gasteiger partial charge in [0.1, 0.15) is 5.52 Å². The highest BCUT2D eigenvalue weighted by Crippen LogP contribution is 2.27. The first kappa shape index (κ1) is 16.5. The topological polar surface area (TPSA) is 119 Å². The van der Waals surface area contributed by atoms with Crippen LogP contribution in [0.5, 0.6) is 11.5 Å². The lowest BCUT2D eigenvalue weighted by atomic mass is 10.1. The molecule has 0 fully saturated rings. The van der Waals surface area contributed by atoms with E-state index in [9.17, 15) is 14.4 Å². The monoisotopic (exact) mass is 344 g/mol. The van der Waals surface area contributed by atoms with E-state index >= 15 is 0 Å². The lowest BCUT2D eigenvalue weighted by Crippen LogP contribution is -2.30. The van der Waals surface area contributed by atoms with Gasteiger partial charge >= 0.3 is 5.69 Å². The number of fused-ring (bicyclic) bond motifs is 1. The summed E-state index contributed by atoms with van der Waals surface area (Å²) in [5, 5.41) is 0. The van der Waals surface area contributed by atoms with Crippen LogP contribution in [0.2, 0.25) is 0 Å². The second-order valence-corrected chi connectivity index (χ2v) is 5.31. The Hall–Kier alpha value is -3.36. The molecule has 9 heteroatoms. The zero-order chi connectivity index (χ0) is 18.0. The van der Waals surface area contributed by atoms with Crippen molar-refractivity contribution in [1.29, 1.82) is 0 Å². The van der Waals surface area contributed by atoms with Gasteiger partial charge in [0.2, 0.25) is 0 Å². The van der Waals surface area contributed by atoms with Crippen LogP contribution >= 0.6 is 0 Å². The number of rotatable bonds is 5. The number of H-pyrrole nitrogens is 2. The molecule has 0 saturated heterocycles. The molecule has 0 aliphatic heterocycles. The molecule has 0 amide bonds. The first-order chi connectivity index (χ1) is 12.0. The van der Waals surface area contributed by atoms with E-state index in [1.165, 1.54) is 10.9 Å². The van der Waals surface area contributed by atoms with E-state index in [4.69, 9.17) is 9.47 Å². The zero-order valence-corrected chi connectivity index (χ0v) is 13.7. The van der Waals surface area contributed by atoms with Gasteiger partial charge in [-0.05, 0) is 24.1 Å². The minimum atomic E-state index is -0.742. The molecule has 0 atom stereocenters. The highest BCUT2D eigenvalue weighted by atomic mass is 16.5. The zero-order valence-electron chi connectivity index (χ0n) is 13.7.